The molecule has 1 aromatic heterocycles. The minimum absolute atomic E-state index is 0.0462. The number of nitrogens with zero attached hydrogens (tertiary/aromatic N) is 1. The van der Waals surface area contributed by atoms with Gasteiger partial charge in [0.15, 0.2) is 0 Å². The zero-order valence-electron chi connectivity index (χ0n) is 8.17. The molecule has 1 heterocycles. The van der Waals surface area contributed by atoms with Crippen LogP contribution in [-0.4, -0.2) is 11.0 Å². The summed E-state index contributed by atoms with van der Waals surface area (Å²) in [4.78, 5) is 15.5. The van der Waals surface area contributed by atoms with Crippen molar-refractivity contribution in [2.75, 3.05) is 0 Å². The number of aryl methyl sites for hydroxylation is 1. The van der Waals surface area contributed by atoms with E-state index in [2.05, 4.69) is 4.98 Å². The molecule has 0 amide bonds. The van der Waals surface area contributed by atoms with Gasteiger partial charge in [0.05, 0.1) is 5.69 Å². The molecule has 72 valence electrons. The second-order valence-corrected chi connectivity index (χ2v) is 4.97. The van der Waals surface area contributed by atoms with Gasteiger partial charge >= 0.3 is 0 Å². The fraction of sp³-hybridized carbons (Fsp3) is 0.556. The summed E-state index contributed by atoms with van der Waals surface area (Å²) in [5.41, 5.74) is 0.742. The number of carboxylic acid groups (broad SMARTS) is 1. The van der Waals surface area contributed by atoms with E-state index in [0.717, 1.165) is 10.6 Å². The Morgan fingerprint density at radius 3 is 2.23 bits per heavy atom. The van der Waals surface area contributed by atoms with Crippen LogP contribution in [0.2, 0.25) is 0 Å². The molecular formula is C9H12NO2S-. The lowest BCUT2D eigenvalue weighted by Gasteiger charge is -2.16. The molecule has 4 heteroatoms. The molecule has 0 aliphatic heterocycles. The molecule has 1 rings (SSSR count). The van der Waals surface area contributed by atoms with Crippen molar-refractivity contribution < 1.29 is 9.90 Å². The van der Waals surface area contributed by atoms with Gasteiger partial charge in [-0.2, -0.15) is 0 Å². The predicted molar refractivity (Wildman–Crippen MR) is 49.9 cm³/mol. The van der Waals surface area contributed by atoms with Crippen molar-refractivity contribution in [3.05, 3.63) is 15.6 Å². The molecule has 0 spiro atoms. The van der Waals surface area contributed by atoms with Crippen LogP contribution in [0.15, 0.2) is 0 Å². The second kappa shape index (κ2) is 3.10. The summed E-state index contributed by atoms with van der Waals surface area (Å²) in [6, 6.07) is 0. The first kappa shape index (κ1) is 10.2. The third-order valence-corrected chi connectivity index (χ3v) is 3.22. The van der Waals surface area contributed by atoms with Crippen molar-refractivity contribution in [1.29, 1.82) is 0 Å². The van der Waals surface area contributed by atoms with E-state index in [1.807, 2.05) is 27.7 Å². The molecule has 0 aromatic carbocycles. The Hall–Kier alpha value is -0.900. The third-order valence-electron chi connectivity index (χ3n) is 1.65. The molecule has 0 unspecified atom stereocenters. The number of rotatable bonds is 1. The van der Waals surface area contributed by atoms with E-state index in [0.29, 0.717) is 0 Å². The summed E-state index contributed by atoms with van der Waals surface area (Å²) in [6.07, 6.45) is 0. The van der Waals surface area contributed by atoms with E-state index in [9.17, 15) is 9.90 Å². The monoisotopic (exact) mass is 198 g/mol. The number of hydrogen-bond donors (Lipinski definition) is 0. The Bertz CT molecular complexity index is 336. The van der Waals surface area contributed by atoms with Crippen LogP contribution in [0.5, 0.6) is 0 Å². The fourth-order valence-corrected chi connectivity index (χ4v) is 2.14. The fourth-order valence-electron chi connectivity index (χ4n) is 1.18. The van der Waals surface area contributed by atoms with E-state index in [-0.39, 0.29) is 10.4 Å². The molecule has 0 aliphatic carbocycles. The first-order chi connectivity index (χ1) is 5.82. The highest BCUT2D eigenvalue weighted by molar-refractivity contribution is 7.13. The third kappa shape index (κ3) is 2.06. The zero-order chi connectivity index (χ0) is 10.2. The van der Waals surface area contributed by atoms with Crippen molar-refractivity contribution in [2.24, 2.45) is 0 Å². The lowest BCUT2D eigenvalue weighted by molar-refractivity contribution is -0.255. The Balaban J connectivity index is 3.18. The number of aromatic nitrogens is 1. The maximum atomic E-state index is 10.5. The van der Waals surface area contributed by atoms with Gasteiger partial charge in [-0.1, -0.05) is 20.8 Å². The molecule has 0 N–H and O–H groups in total. The maximum Gasteiger partial charge on any atom is 0.139 e. The summed E-state index contributed by atoms with van der Waals surface area (Å²) in [5.74, 6) is -1.19. The Morgan fingerprint density at radius 2 is 2.00 bits per heavy atom. The van der Waals surface area contributed by atoms with Crippen LogP contribution in [0.1, 0.15) is 41.1 Å². The van der Waals surface area contributed by atoms with Crippen LogP contribution in [0.3, 0.4) is 0 Å². The summed E-state index contributed by atoms with van der Waals surface area (Å²) in [5, 5.41) is 10.6. The summed E-state index contributed by atoms with van der Waals surface area (Å²) < 4.78 is 0. The predicted octanol–water partition coefficient (Wildman–Crippen LogP) is 1.11. The number of carbonyl (C=O) groups excluding carboxylic acids is 1. The van der Waals surface area contributed by atoms with E-state index in [1.54, 1.807) is 0 Å². The lowest BCUT2D eigenvalue weighted by Crippen LogP contribution is -2.21. The van der Waals surface area contributed by atoms with Crippen molar-refractivity contribution >= 4 is 17.3 Å². The van der Waals surface area contributed by atoms with Crippen molar-refractivity contribution in [3.63, 3.8) is 0 Å². The van der Waals surface area contributed by atoms with Crippen LogP contribution in [0, 0.1) is 6.92 Å². The SMILES string of the molecule is Cc1nc(C(=O)[O-])sc1C(C)(C)C. The average Bonchev–Trinajstić information content (AvgIpc) is 2.29. The van der Waals surface area contributed by atoms with Crippen LogP contribution in [0.4, 0.5) is 0 Å². The highest BCUT2D eigenvalue weighted by Gasteiger charge is 2.20. The topological polar surface area (TPSA) is 53.0 Å². The molecule has 0 atom stereocenters. The van der Waals surface area contributed by atoms with Gasteiger partial charge in [0.25, 0.3) is 0 Å². The Kier molecular flexibility index (Phi) is 2.43. The summed E-state index contributed by atoms with van der Waals surface area (Å²) >= 11 is 1.20. The van der Waals surface area contributed by atoms with Crippen LogP contribution in [-0.2, 0) is 5.41 Å². The average molecular weight is 198 g/mol. The van der Waals surface area contributed by atoms with Crippen LogP contribution in [0.25, 0.3) is 0 Å². The Morgan fingerprint density at radius 1 is 1.46 bits per heavy atom. The first-order valence-electron chi connectivity index (χ1n) is 4.01. The number of aromatic carboxylic acids is 1. The molecule has 0 bridgehead atoms. The van der Waals surface area contributed by atoms with Gasteiger partial charge in [-0.15, -0.1) is 11.3 Å². The standard InChI is InChI=1S/C9H13NO2S/c1-5-6(9(2,3)4)13-7(10-5)8(11)12/h1-4H3,(H,11,12)/p-1. The van der Waals surface area contributed by atoms with Crippen molar-refractivity contribution in [2.45, 2.75) is 33.1 Å². The molecule has 0 saturated carbocycles. The Labute approximate surface area is 81.4 Å². The van der Waals surface area contributed by atoms with Crippen molar-refractivity contribution in [3.8, 4) is 0 Å². The van der Waals surface area contributed by atoms with Crippen LogP contribution >= 0.6 is 11.3 Å². The highest BCUT2D eigenvalue weighted by atomic mass is 32.1. The van der Waals surface area contributed by atoms with E-state index in [4.69, 9.17) is 0 Å². The molecule has 13 heavy (non-hydrogen) atoms. The zero-order valence-corrected chi connectivity index (χ0v) is 8.99. The smallest absolute Gasteiger partial charge is 0.139 e. The number of thiazole rings is 1. The van der Waals surface area contributed by atoms with Crippen LogP contribution < -0.4 is 5.11 Å². The quantitative estimate of drug-likeness (QED) is 0.679. The molecule has 0 saturated heterocycles. The number of carbonyl (C=O) groups is 1. The van der Waals surface area contributed by atoms with Gasteiger partial charge in [0, 0.05) is 4.88 Å². The number of carboxylic acids is 1. The molecule has 0 aliphatic rings. The van der Waals surface area contributed by atoms with E-state index in [1.165, 1.54) is 11.3 Å². The molecule has 0 radical (unpaired) electrons. The number of hydrogen-bond acceptors (Lipinski definition) is 4. The molecular weight excluding hydrogens is 186 g/mol. The molecule has 3 nitrogen and oxygen atoms in total. The first-order valence-corrected chi connectivity index (χ1v) is 4.83. The van der Waals surface area contributed by atoms with E-state index < -0.39 is 5.97 Å². The summed E-state index contributed by atoms with van der Waals surface area (Å²) in [7, 11) is 0. The minimum atomic E-state index is -1.19. The molecule has 0 fully saturated rings. The minimum Gasteiger partial charge on any atom is -0.542 e. The van der Waals surface area contributed by atoms with Gasteiger partial charge < -0.3 is 9.90 Å². The summed E-state index contributed by atoms with van der Waals surface area (Å²) in [6.45, 7) is 7.93. The second-order valence-electron chi connectivity index (χ2n) is 3.97. The van der Waals surface area contributed by atoms with Gasteiger partial charge in [-0.25, -0.2) is 4.98 Å². The van der Waals surface area contributed by atoms with E-state index >= 15 is 0 Å². The van der Waals surface area contributed by atoms with Gasteiger partial charge in [0.1, 0.15) is 11.0 Å². The normalized spacial score (nSPS) is 11.7. The highest BCUT2D eigenvalue weighted by Crippen LogP contribution is 2.30. The lowest BCUT2D eigenvalue weighted by atomic mass is 9.94. The van der Waals surface area contributed by atoms with Gasteiger partial charge in [0.2, 0.25) is 0 Å². The maximum absolute atomic E-state index is 10.5. The van der Waals surface area contributed by atoms with Gasteiger partial charge in [-0.05, 0) is 12.3 Å². The largest absolute Gasteiger partial charge is 0.542 e. The van der Waals surface area contributed by atoms with Gasteiger partial charge in [-0.3, -0.25) is 0 Å². The molecule has 1 aromatic rings. The van der Waals surface area contributed by atoms with Crippen molar-refractivity contribution in [1.82, 2.24) is 4.98 Å².